The summed E-state index contributed by atoms with van der Waals surface area (Å²) < 4.78 is 23.0. The average Bonchev–Trinajstić information content (AvgIpc) is 3.46. The minimum atomic E-state index is -0.168. The summed E-state index contributed by atoms with van der Waals surface area (Å²) in [5.74, 6) is 2.47. The third kappa shape index (κ3) is 3.94. The standard InChI is InChI=1S/C22H20N4O5S/c1-13-3-5-14(6-4-13)20-24-19(31-25-20)11-32-22-23-16-10-18-17(29-12-30-18)9-15(16)21(27)26(22)7-8-28-2/h3-6,9-10H,7-8,11-12H2,1-2H3. The number of methoxy groups -OCH3 is 1. The Morgan fingerprint density at radius 1 is 1.12 bits per heavy atom. The average molecular weight is 452 g/mol. The maximum atomic E-state index is 13.2. The van der Waals surface area contributed by atoms with Gasteiger partial charge in [-0.25, -0.2) is 4.98 Å². The number of hydrogen-bond donors (Lipinski definition) is 0. The Morgan fingerprint density at radius 3 is 2.69 bits per heavy atom. The van der Waals surface area contributed by atoms with E-state index in [2.05, 4.69) is 10.1 Å². The van der Waals surface area contributed by atoms with Crippen molar-refractivity contribution in [3.8, 4) is 22.9 Å². The van der Waals surface area contributed by atoms with E-state index in [0.717, 1.165) is 11.1 Å². The third-order valence-corrected chi connectivity index (χ3v) is 6.00. The van der Waals surface area contributed by atoms with Gasteiger partial charge in [0.15, 0.2) is 16.7 Å². The lowest BCUT2D eigenvalue weighted by Crippen LogP contribution is -2.25. The quantitative estimate of drug-likeness (QED) is 0.308. The van der Waals surface area contributed by atoms with E-state index < -0.39 is 0 Å². The Balaban J connectivity index is 1.44. The highest BCUT2D eigenvalue weighted by Crippen LogP contribution is 2.35. The molecule has 2 aromatic heterocycles. The molecule has 2 aromatic carbocycles. The zero-order valence-electron chi connectivity index (χ0n) is 17.5. The van der Waals surface area contributed by atoms with E-state index in [9.17, 15) is 4.79 Å². The van der Waals surface area contributed by atoms with E-state index >= 15 is 0 Å². The molecule has 0 spiro atoms. The van der Waals surface area contributed by atoms with E-state index in [0.29, 0.717) is 58.2 Å². The normalized spacial score (nSPS) is 12.6. The Bertz CT molecular complexity index is 1330. The third-order valence-electron chi connectivity index (χ3n) is 5.04. The molecule has 10 heteroatoms. The van der Waals surface area contributed by atoms with Gasteiger partial charge < -0.3 is 18.7 Å². The molecule has 164 valence electrons. The number of aryl methyl sites for hydroxylation is 1. The summed E-state index contributed by atoms with van der Waals surface area (Å²) in [6.45, 7) is 2.90. The van der Waals surface area contributed by atoms with Crippen LogP contribution in [0.25, 0.3) is 22.3 Å². The summed E-state index contributed by atoms with van der Waals surface area (Å²) in [6.07, 6.45) is 0. The van der Waals surface area contributed by atoms with Crippen molar-refractivity contribution in [2.45, 2.75) is 24.4 Å². The number of fused-ring (bicyclic) bond motifs is 2. The molecule has 0 atom stereocenters. The lowest BCUT2D eigenvalue weighted by atomic mass is 10.1. The molecule has 3 heterocycles. The van der Waals surface area contributed by atoms with E-state index in [4.69, 9.17) is 23.7 Å². The number of aromatic nitrogens is 4. The van der Waals surface area contributed by atoms with Crippen molar-refractivity contribution < 1.29 is 18.7 Å². The van der Waals surface area contributed by atoms with Crippen molar-refractivity contribution >= 4 is 22.7 Å². The molecule has 0 fully saturated rings. The summed E-state index contributed by atoms with van der Waals surface area (Å²) in [5.41, 5.74) is 2.42. The Hall–Kier alpha value is -3.37. The number of ether oxygens (including phenoxy) is 3. The Morgan fingerprint density at radius 2 is 1.91 bits per heavy atom. The van der Waals surface area contributed by atoms with Gasteiger partial charge in [-0.15, -0.1) is 0 Å². The number of hydrogen-bond acceptors (Lipinski definition) is 9. The second kappa shape index (κ2) is 8.64. The fourth-order valence-corrected chi connectivity index (χ4v) is 4.20. The van der Waals surface area contributed by atoms with Crippen LogP contribution in [0.3, 0.4) is 0 Å². The minimum Gasteiger partial charge on any atom is -0.454 e. The van der Waals surface area contributed by atoms with Crippen LogP contribution in [0.1, 0.15) is 11.5 Å². The molecule has 1 aliphatic rings. The molecule has 32 heavy (non-hydrogen) atoms. The highest BCUT2D eigenvalue weighted by Gasteiger charge is 2.20. The molecule has 1 aliphatic heterocycles. The van der Waals surface area contributed by atoms with Gasteiger partial charge in [0.05, 0.1) is 29.8 Å². The fraction of sp³-hybridized carbons (Fsp3) is 0.273. The minimum absolute atomic E-state index is 0.131. The molecule has 0 saturated heterocycles. The van der Waals surface area contributed by atoms with Crippen LogP contribution >= 0.6 is 11.8 Å². The second-order valence-corrected chi connectivity index (χ2v) is 8.18. The van der Waals surface area contributed by atoms with Crippen LogP contribution in [-0.2, 0) is 17.0 Å². The number of rotatable bonds is 7. The van der Waals surface area contributed by atoms with Gasteiger partial charge in [-0.3, -0.25) is 9.36 Å². The van der Waals surface area contributed by atoms with Gasteiger partial charge in [-0.2, -0.15) is 4.98 Å². The Kier molecular flexibility index (Phi) is 5.54. The molecule has 0 N–H and O–H groups in total. The molecule has 0 radical (unpaired) electrons. The lowest BCUT2D eigenvalue weighted by molar-refractivity contribution is 0.174. The van der Waals surface area contributed by atoms with Crippen molar-refractivity contribution in [1.29, 1.82) is 0 Å². The first-order valence-corrected chi connectivity index (χ1v) is 11.0. The van der Waals surface area contributed by atoms with E-state index in [1.165, 1.54) is 11.8 Å². The highest BCUT2D eigenvalue weighted by molar-refractivity contribution is 7.98. The molecule has 9 nitrogen and oxygen atoms in total. The van der Waals surface area contributed by atoms with Gasteiger partial charge in [0.2, 0.25) is 18.5 Å². The zero-order valence-corrected chi connectivity index (χ0v) is 18.3. The molecular weight excluding hydrogens is 432 g/mol. The van der Waals surface area contributed by atoms with Gasteiger partial charge in [-0.1, -0.05) is 46.7 Å². The lowest BCUT2D eigenvalue weighted by Gasteiger charge is -2.12. The van der Waals surface area contributed by atoms with Crippen molar-refractivity contribution in [3.05, 3.63) is 58.2 Å². The van der Waals surface area contributed by atoms with Crippen molar-refractivity contribution in [3.63, 3.8) is 0 Å². The van der Waals surface area contributed by atoms with Crippen LogP contribution in [0.5, 0.6) is 11.5 Å². The van der Waals surface area contributed by atoms with Crippen molar-refractivity contribution in [2.24, 2.45) is 0 Å². The first-order valence-electron chi connectivity index (χ1n) is 9.98. The number of thioether (sulfide) groups is 1. The van der Waals surface area contributed by atoms with Gasteiger partial charge in [-0.05, 0) is 13.0 Å². The van der Waals surface area contributed by atoms with Gasteiger partial charge in [0, 0.05) is 18.7 Å². The monoisotopic (exact) mass is 452 g/mol. The largest absolute Gasteiger partial charge is 0.454 e. The Labute approximate surface area is 187 Å². The summed E-state index contributed by atoms with van der Waals surface area (Å²) >= 11 is 1.35. The van der Waals surface area contributed by atoms with Crippen molar-refractivity contribution in [2.75, 3.05) is 20.5 Å². The van der Waals surface area contributed by atoms with E-state index in [1.807, 2.05) is 31.2 Å². The predicted molar refractivity (Wildman–Crippen MR) is 118 cm³/mol. The summed E-state index contributed by atoms with van der Waals surface area (Å²) in [4.78, 5) is 22.4. The smallest absolute Gasteiger partial charge is 0.262 e. The van der Waals surface area contributed by atoms with Gasteiger partial charge in [0.25, 0.3) is 5.56 Å². The van der Waals surface area contributed by atoms with Crippen LogP contribution < -0.4 is 15.0 Å². The summed E-state index contributed by atoms with van der Waals surface area (Å²) in [5, 5.41) is 5.07. The van der Waals surface area contributed by atoms with Crippen LogP contribution in [0.2, 0.25) is 0 Å². The molecule has 0 saturated carbocycles. The predicted octanol–water partition coefficient (Wildman–Crippen LogP) is 3.42. The van der Waals surface area contributed by atoms with Gasteiger partial charge in [0.1, 0.15) is 0 Å². The van der Waals surface area contributed by atoms with Crippen LogP contribution in [-0.4, -0.2) is 40.2 Å². The molecular formula is C22H20N4O5S. The van der Waals surface area contributed by atoms with E-state index in [-0.39, 0.29) is 12.4 Å². The maximum Gasteiger partial charge on any atom is 0.262 e. The highest BCUT2D eigenvalue weighted by atomic mass is 32.2. The fourth-order valence-electron chi connectivity index (χ4n) is 3.34. The maximum absolute atomic E-state index is 13.2. The topological polar surface area (TPSA) is 102 Å². The van der Waals surface area contributed by atoms with Crippen LogP contribution in [0, 0.1) is 6.92 Å². The second-order valence-electron chi connectivity index (χ2n) is 7.23. The first kappa shape index (κ1) is 20.5. The molecule has 0 unspecified atom stereocenters. The number of benzene rings is 2. The summed E-state index contributed by atoms with van der Waals surface area (Å²) in [6, 6.07) is 11.3. The van der Waals surface area contributed by atoms with Crippen LogP contribution in [0.15, 0.2) is 50.9 Å². The first-order chi connectivity index (χ1) is 15.6. The van der Waals surface area contributed by atoms with E-state index in [1.54, 1.807) is 23.8 Å². The molecule has 5 rings (SSSR count). The molecule has 0 aliphatic carbocycles. The molecule has 4 aromatic rings. The molecule has 0 bridgehead atoms. The van der Waals surface area contributed by atoms with Crippen LogP contribution in [0.4, 0.5) is 0 Å². The van der Waals surface area contributed by atoms with Crippen molar-refractivity contribution in [1.82, 2.24) is 19.7 Å². The number of nitrogens with zero attached hydrogens (tertiary/aromatic N) is 4. The SMILES string of the molecule is COCCn1c(SCc2nc(-c3ccc(C)cc3)no2)nc2cc3c(cc2c1=O)OCO3. The summed E-state index contributed by atoms with van der Waals surface area (Å²) in [7, 11) is 1.59. The van der Waals surface area contributed by atoms with Gasteiger partial charge >= 0.3 is 0 Å². The molecule has 0 amide bonds. The zero-order chi connectivity index (χ0) is 22.1.